The van der Waals surface area contributed by atoms with Gasteiger partial charge in [0.05, 0.1) is 10.2 Å². The van der Waals surface area contributed by atoms with Crippen molar-refractivity contribution >= 4 is 44.5 Å². The Morgan fingerprint density at radius 2 is 1.94 bits per heavy atom. The van der Waals surface area contributed by atoms with Crippen LogP contribution in [0.1, 0.15) is 12.5 Å². The van der Waals surface area contributed by atoms with E-state index in [1.54, 1.807) is 37.3 Å². The normalized spacial score (nSPS) is 18.5. The minimum absolute atomic E-state index is 0.0147. The standard InChI is InChI=1S/C21H17F3N4O4S/c1-20(12-5-3-2-4-6-12)17(30)28(19(31)27-20)10-16(29)26-18-25-14-8-7-13(9-15(14)33-18)32-11-21(22,23)24/h2-9H,10-11H2,1H3,(H,27,31)(H,25,26,29). The number of aromatic nitrogens is 1. The van der Waals surface area contributed by atoms with Gasteiger partial charge in [-0.25, -0.2) is 9.78 Å². The zero-order valence-electron chi connectivity index (χ0n) is 17.1. The summed E-state index contributed by atoms with van der Waals surface area (Å²) in [6.07, 6.45) is -4.46. The smallest absolute Gasteiger partial charge is 0.422 e. The summed E-state index contributed by atoms with van der Waals surface area (Å²) in [5.74, 6) is -1.20. The number of amides is 4. The molecule has 3 aromatic rings. The third-order valence-electron chi connectivity index (χ3n) is 4.94. The lowest BCUT2D eigenvalue weighted by atomic mass is 9.92. The summed E-state index contributed by atoms with van der Waals surface area (Å²) >= 11 is 1.02. The van der Waals surface area contributed by atoms with E-state index in [9.17, 15) is 27.6 Å². The van der Waals surface area contributed by atoms with Gasteiger partial charge in [-0.3, -0.25) is 14.5 Å². The minimum atomic E-state index is -4.46. The minimum Gasteiger partial charge on any atom is -0.484 e. The number of carbonyl (C=O) groups excluding carboxylic acids is 3. The number of imide groups is 1. The molecule has 1 aliphatic heterocycles. The van der Waals surface area contributed by atoms with E-state index in [1.165, 1.54) is 18.2 Å². The van der Waals surface area contributed by atoms with Crippen molar-refractivity contribution in [2.24, 2.45) is 0 Å². The van der Waals surface area contributed by atoms with Gasteiger partial charge in [-0.15, -0.1) is 0 Å². The molecule has 2 N–H and O–H groups in total. The Balaban J connectivity index is 1.43. The number of urea groups is 1. The summed E-state index contributed by atoms with van der Waals surface area (Å²) in [5.41, 5.74) is -0.260. The van der Waals surface area contributed by atoms with Crippen LogP contribution in [-0.2, 0) is 15.1 Å². The van der Waals surface area contributed by atoms with Crippen LogP contribution in [0.5, 0.6) is 5.75 Å². The van der Waals surface area contributed by atoms with E-state index < -0.39 is 42.7 Å². The first-order chi connectivity index (χ1) is 15.5. The Bertz CT molecular complexity index is 1230. The molecule has 12 heteroatoms. The zero-order chi connectivity index (χ0) is 23.8. The van der Waals surface area contributed by atoms with Crippen molar-refractivity contribution in [3.8, 4) is 5.75 Å². The van der Waals surface area contributed by atoms with Gasteiger partial charge in [0.1, 0.15) is 17.8 Å². The molecular weight excluding hydrogens is 461 g/mol. The molecule has 0 radical (unpaired) electrons. The van der Waals surface area contributed by atoms with E-state index in [2.05, 4.69) is 15.6 Å². The molecule has 2 heterocycles. The van der Waals surface area contributed by atoms with Crippen molar-refractivity contribution < 1.29 is 32.3 Å². The van der Waals surface area contributed by atoms with E-state index in [1.807, 2.05) is 0 Å². The molecular formula is C21H17F3N4O4S. The van der Waals surface area contributed by atoms with Gasteiger partial charge in [-0.1, -0.05) is 41.7 Å². The van der Waals surface area contributed by atoms with E-state index in [0.29, 0.717) is 15.8 Å². The molecule has 0 aliphatic carbocycles. The highest BCUT2D eigenvalue weighted by atomic mass is 32.1. The Morgan fingerprint density at radius 1 is 1.21 bits per heavy atom. The SMILES string of the molecule is CC1(c2ccccc2)NC(=O)N(CC(=O)Nc2nc3ccc(OCC(F)(F)F)cc3s2)C1=O. The maximum Gasteiger partial charge on any atom is 0.422 e. The first-order valence-corrected chi connectivity index (χ1v) is 10.5. The van der Waals surface area contributed by atoms with Crippen molar-refractivity contribution in [3.05, 3.63) is 54.1 Å². The fourth-order valence-electron chi connectivity index (χ4n) is 3.32. The van der Waals surface area contributed by atoms with Crippen LogP contribution < -0.4 is 15.4 Å². The molecule has 1 atom stereocenters. The van der Waals surface area contributed by atoms with Gasteiger partial charge >= 0.3 is 12.2 Å². The summed E-state index contributed by atoms with van der Waals surface area (Å²) < 4.78 is 42.2. The lowest BCUT2D eigenvalue weighted by Crippen LogP contribution is -2.42. The number of benzene rings is 2. The predicted molar refractivity (Wildman–Crippen MR) is 114 cm³/mol. The van der Waals surface area contributed by atoms with Crippen LogP contribution in [0.4, 0.5) is 23.1 Å². The second-order valence-corrected chi connectivity index (χ2v) is 8.44. The van der Waals surface area contributed by atoms with Crippen LogP contribution in [0, 0.1) is 0 Å². The van der Waals surface area contributed by atoms with Gasteiger partial charge in [-0.05, 0) is 30.7 Å². The number of ether oxygens (including phenoxy) is 1. The molecule has 2 aromatic carbocycles. The fraction of sp³-hybridized carbons (Fsp3) is 0.238. The summed E-state index contributed by atoms with van der Waals surface area (Å²) in [6.45, 7) is -0.385. The van der Waals surface area contributed by atoms with Crippen molar-refractivity contribution in [1.29, 1.82) is 0 Å². The average Bonchev–Trinajstić information content (AvgIpc) is 3.25. The van der Waals surface area contributed by atoms with E-state index >= 15 is 0 Å². The monoisotopic (exact) mass is 478 g/mol. The average molecular weight is 478 g/mol. The van der Waals surface area contributed by atoms with Crippen LogP contribution in [0.25, 0.3) is 10.2 Å². The maximum atomic E-state index is 12.9. The van der Waals surface area contributed by atoms with Crippen LogP contribution in [0.15, 0.2) is 48.5 Å². The Kier molecular flexibility index (Phi) is 5.70. The molecule has 1 saturated heterocycles. The molecule has 0 spiro atoms. The van der Waals surface area contributed by atoms with E-state index in [4.69, 9.17) is 4.74 Å². The fourth-order valence-corrected chi connectivity index (χ4v) is 4.23. The predicted octanol–water partition coefficient (Wildman–Crippen LogP) is 3.64. The number of nitrogens with zero attached hydrogens (tertiary/aromatic N) is 2. The Morgan fingerprint density at radius 3 is 2.64 bits per heavy atom. The Labute approximate surface area is 189 Å². The van der Waals surface area contributed by atoms with Gasteiger partial charge in [0.15, 0.2) is 11.7 Å². The van der Waals surface area contributed by atoms with Crippen LogP contribution >= 0.6 is 11.3 Å². The number of anilines is 1. The second kappa shape index (κ2) is 8.35. The molecule has 33 heavy (non-hydrogen) atoms. The highest BCUT2D eigenvalue weighted by molar-refractivity contribution is 7.22. The van der Waals surface area contributed by atoms with Crippen LogP contribution in [0.2, 0.25) is 0 Å². The zero-order valence-corrected chi connectivity index (χ0v) is 17.9. The molecule has 1 aromatic heterocycles. The number of fused-ring (bicyclic) bond motifs is 1. The van der Waals surface area contributed by atoms with Crippen molar-refractivity contribution in [1.82, 2.24) is 15.2 Å². The van der Waals surface area contributed by atoms with Crippen LogP contribution in [0.3, 0.4) is 0 Å². The third kappa shape index (κ3) is 4.75. The number of thiazole rings is 1. The summed E-state index contributed by atoms with van der Waals surface area (Å²) in [5, 5.41) is 5.30. The first-order valence-electron chi connectivity index (χ1n) is 9.65. The quantitative estimate of drug-likeness (QED) is 0.527. The van der Waals surface area contributed by atoms with E-state index in [-0.39, 0.29) is 10.9 Å². The van der Waals surface area contributed by atoms with Gasteiger partial charge < -0.3 is 15.4 Å². The van der Waals surface area contributed by atoms with E-state index in [0.717, 1.165) is 16.2 Å². The molecule has 4 amide bonds. The van der Waals surface area contributed by atoms with Crippen molar-refractivity contribution in [2.75, 3.05) is 18.5 Å². The number of alkyl halides is 3. The topological polar surface area (TPSA) is 101 Å². The molecule has 0 bridgehead atoms. The van der Waals surface area contributed by atoms with Gasteiger partial charge in [0.2, 0.25) is 5.91 Å². The van der Waals surface area contributed by atoms with Crippen LogP contribution in [-0.4, -0.2) is 47.1 Å². The number of carbonyl (C=O) groups is 3. The number of hydrogen-bond acceptors (Lipinski definition) is 6. The molecule has 1 fully saturated rings. The van der Waals surface area contributed by atoms with Gasteiger partial charge in [0, 0.05) is 0 Å². The summed E-state index contributed by atoms with van der Waals surface area (Å²) in [6, 6.07) is 12.2. The molecule has 4 rings (SSSR count). The molecule has 172 valence electrons. The number of hydrogen-bond donors (Lipinski definition) is 2. The number of halogens is 3. The maximum absolute atomic E-state index is 12.9. The molecule has 1 aliphatic rings. The third-order valence-corrected chi connectivity index (χ3v) is 5.87. The second-order valence-electron chi connectivity index (χ2n) is 7.41. The first kappa shape index (κ1) is 22.5. The number of nitrogens with one attached hydrogen (secondary N) is 2. The van der Waals surface area contributed by atoms with Gasteiger partial charge in [-0.2, -0.15) is 13.2 Å². The lowest BCUT2D eigenvalue weighted by Gasteiger charge is -2.21. The lowest BCUT2D eigenvalue weighted by molar-refractivity contribution is -0.153. The summed E-state index contributed by atoms with van der Waals surface area (Å²) in [7, 11) is 0. The summed E-state index contributed by atoms with van der Waals surface area (Å²) in [4.78, 5) is 42.8. The largest absolute Gasteiger partial charge is 0.484 e. The van der Waals surface area contributed by atoms with Crippen molar-refractivity contribution in [3.63, 3.8) is 0 Å². The molecule has 0 saturated carbocycles. The number of rotatable bonds is 6. The highest BCUT2D eigenvalue weighted by Crippen LogP contribution is 2.31. The Hall–Kier alpha value is -3.67. The van der Waals surface area contributed by atoms with Crippen molar-refractivity contribution in [2.45, 2.75) is 18.6 Å². The van der Waals surface area contributed by atoms with Gasteiger partial charge in [0.25, 0.3) is 5.91 Å². The highest BCUT2D eigenvalue weighted by Gasteiger charge is 2.49. The molecule has 1 unspecified atom stereocenters. The molecule has 8 nitrogen and oxygen atoms in total.